The van der Waals surface area contributed by atoms with E-state index < -0.39 is 11.6 Å². The molecule has 0 spiro atoms. The number of halogens is 2. The minimum Gasteiger partial charge on any atom is -0.491 e. The first kappa shape index (κ1) is 19.5. The fourth-order valence-corrected chi connectivity index (χ4v) is 4.12. The first-order valence-corrected chi connectivity index (χ1v) is 9.80. The maximum Gasteiger partial charge on any atom is 0.168 e. The standard InChI is InChI=1S/C20H30F2N2O2/c1-2-25-20-16(10-14(21)11-17(20)22)13-5-7-15(8-6-13)26-12-19-18(23)4-3-9-24-19/h10-11,13,15,18-19,24H,2-9,12,23H2,1H3/t13-,15+,18?,19?. The molecule has 1 aromatic rings. The van der Waals surface area contributed by atoms with Crippen molar-refractivity contribution < 1.29 is 18.3 Å². The van der Waals surface area contributed by atoms with Crippen molar-refractivity contribution in [2.75, 3.05) is 19.8 Å². The van der Waals surface area contributed by atoms with Crippen LogP contribution in [0.3, 0.4) is 0 Å². The molecular weight excluding hydrogens is 338 g/mol. The monoisotopic (exact) mass is 368 g/mol. The van der Waals surface area contributed by atoms with Gasteiger partial charge in [0.15, 0.2) is 11.6 Å². The zero-order valence-electron chi connectivity index (χ0n) is 15.5. The van der Waals surface area contributed by atoms with Crippen molar-refractivity contribution >= 4 is 0 Å². The van der Waals surface area contributed by atoms with Gasteiger partial charge >= 0.3 is 0 Å². The van der Waals surface area contributed by atoms with Crippen LogP contribution in [0.5, 0.6) is 5.75 Å². The highest BCUT2D eigenvalue weighted by Gasteiger charge is 2.28. The predicted octanol–water partition coefficient (Wildman–Crippen LogP) is 3.49. The van der Waals surface area contributed by atoms with Gasteiger partial charge in [-0.1, -0.05) is 0 Å². The molecule has 2 atom stereocenters. The Morgan fingerprint density at radius 3 is 2.62 bits per heavy atom. The second kappa shape index (κ2) is 9.11. The fourth-order valence-electron chi connectivity index (χ4n) is 4.12. The average molecular weight is 368 g/mol. The molecule has 0 radical (unpaired) electrons. The number of nitrogens with one attached hydrogen (secondary N) is 1. The van der Waals surface area contributed by atoms with Crippen molar-refractivity contribution in [3.63, 3.8) is 0 Å². The lowest BCUT2D eigenvalue weighted by Crippen LogP contribution is -2.52. The SMILES string of the molecule is CCOc1c(F)cc(F)cc1[C@H]1CC[C@@H](OCC2NCCCC2N)CC1. The summed E-state index contributed by atoms with van der Waals surface area (Å²) in [5, 5.41) is 3.43. The Kier molecular flexibility index (Phi) is 6.84. The highest BCUT2D eigenvalue weighted by molar-refractivity contribution is 5.38. The first-order valence-electron chi connectivity index (χ1n) is 9.80. The van der Waals surface area contributed by atoms with E-state index in [-0.39, 0.29) is 29.9 Å². The molecule has 0 amide bonds. The number of hydrogen-bond acceptors (Lipinski definition) is 4. The molecule has 1 aliphatic heterocycles. The number of piperidine rings is 1. The van der Waals surface area contributed by atoms with Gasteiger partial charge in [-0.15, -0.1) is 0 Å². The smallest absolute Gasteiger partial charge is 0.168 e. The minimum absolute atomic E-state index is 0.108. The van der Waals surface area contributed by atoms with Crippen LogP contribution in [0, 0.1) is 11.6 Å². The van der Waals surface area contributed by atoms with E-state index in [1.54, 1.807) is 6.92 Å². The molecule has 26 heavy (non-hydrogen) atoms. The van der Waals surface area contributed by atoms with E-state index in [1.807, 2.05) is 0 Å². The number of nitrogens with two attached hydrogens (primary N) is 1. The molecule has 3 rings (SSSR count). The van der Waals surface area contributed by atoms with Crippen LogP contribution >= 0.6 is 0 Å². The Labute approximate surface area is 154 Å². The molecule has 0 bridgehead atoms. The highest BCUT2D eigenvalue weighted by atomic mass is 19.1. The number of rotatable bonds is 6. The van der Waals surface area contributed by atoms with E-state index in [1.165, 1.54) is 6.07 Å². The zero-order valence-corrected chi connectivity index (χ0v) is 15.5. The largest absolute Gasteiger partial charge is 0.491 e. The lowest BCUT2D eigenvalue weighted by molar-refractivity contribution is 0.00603. The van der Waals surface area contributed by atoms with Crippen LogP contribution in [0.25, 0.3) is 0 Å². The van der Waals surface area contributed by atoms with Gasteiger partial charge in [0.05, 0.1) is 19.3 Å². The van der Waals surface area contributed by atoms with E-state index >= 15 is 0 Å². The predicted molar refractivity (Wildman–Crippen MR) is 97.5 cm³/mol. The molecule has 1 saturated heterocycles. The summed E-state index contributed by atoms with van der Waals surface area (Å²) in [5.74, 6) is -0.846. The summed E-state index contributed by atoms with van der Waals surface area (Å²) in [6, 6.07) is 2.70. The van der Waals surface area contributed by atoms with E-state index in [4.69, 9.17) is 15.2 Å². The molecule has 4 nitrogen and oxygen atoms in total. The number of hydrogen-bond donors (Lipinski definition) is 2. The van der Waals surface area contributed by atoms with Crippen molar-refractivity contribution in [1.82, 2.24) is 5.32 Å². The van der Waals surface area contributed by atoms with Crippen LogP contribution in [-0.2, 0) is 4.74 Å². The lowest BCUT2D eigenvalue weighted by atomic mass is 9.82. The van der Waals surface area contributed by atoms with Crippen molar-refractivity contribution in [2.45, 2.75) is 69.6 Å². The van der Waals surface area contributed by atoms with Gasteiger partial charge in [-0.2, -0.15) is 0 Å². The number of ether oxygens (including phenoxy) is 2. The first-order chi connectivity index (χ1) is 12.6. The molecule has 1 aliphatic carbocycles. The summed E-state index contributed by atoms with van der Waals surface area (Å²) >= 11 is 0. The van der Waals surface area contributed by atoms with Gasteiger partial charge in [0.1, 0.15) is 5.82 Å². The molecule has 146 valence electrons. The summed E-state index contributed by atoms with van der Waals surface area (Å²) in [4.78, 5) is 0. The van der Waals surface area contributed by atoms with E-state index in [0.29, 0.717) is 18.8 Å². The van der Waals surface area contributed by atoms with Crippen LogP contribution in [0.1, 0.15) is 56.9 Å². The van der Waals surface area contributed by atoms with E-state index in [9.17, 15) is 8.78 Å². The number of benzene rings is 1. The van der Waals surface area contributed by atoms with Crippen LogP contribution in [0.4, 0.5) is 8.78 Å². The third-order valence-electron chi connectivity index (χ3n) is 5.59. The Morgan fingerprint density at radius 2 is 1.92 bits per heavy atom. The lowest BCUT2D eigenvalue weighted by Gasteiger charge is -2.33. The van der Waals surface area contributed by atoms with Crippen LogP contribution in [-0.4, -0.2) is 37.9 Å². The van der Waals surface area contributed by atoms with Crippen molar-refractivity contribution in [3.05, 3.63) is 29.3 Å². The van der Waals surface area contributed by atoms with E-state index in [2.05, 4.69) is 5.32 Å². The van der Waals surface area contributed by atoms with Crippen molar-refractivity contribution in [1.29, 1.82) is 0 Å². The van der Waals surface area contributed by atoms with Gasteiger partial charge in [0.25, 0.3) is 0 Å². The molecule has 2 aliphatic rings. The van der Waals surface area contributed by atoms with Gasteiger partial charge in [-0.25, -0.2) is 8.78 Å². The third kappa shape index (κ3) is 4.72. The topological polar surface area (TPSA) is 56.5 Å². The maximum atomic E-state index is 14.1. The second-order valence-corrected chi connectivity index (χ2v) is 7.41. The summed E-state index contributed by atoms with van der Waals surface area (Å²) in [6.07, 6.45) is 5.81. The second-order valence-electron chi connectivity index (χ2n) is 7.41. The van der Waals surface area contributed by atoms with Gasteiger partial charge in [0, 0.05) is 23.7 Å². The Morgan fingerprint density at radius 1 is 1.15 bits per heavy atom. The summed E-state index contributed by atoms with van der Waals surface area (Å²) < 4.78 is 39.3. The molecule has 1 saturated carbocycles. The maximum absolute atomic E-state index is 14.1. The Balaban J connectivity index is 1.55. The van der Waals surface area contributed by atoms with Gasteiger partial charge in [-0.3, -0.25) is 0 Å². The Hall–Kier alpha value is -1.24. The minimum atomic E-state index is -0.613. The van der Waals surface area contributed by atoms with Crippen molar-refractivity contribution in [2.24, 2.45) is 5.73 Å². The van der Waals surface area contributed by atoms with E-state index in [0.717, 1.165) is 51.1 Å². The molecule has 0 aromatic heterocycles. The fraction of sp³-hybridized carbons (Fsp3) is 0.700. The molecule has 3 N–H and O–H groups in total. The van der Waals surface area contributed by atoms with Gasteiger partial charge in [0.2, 0.25) is 0 Å². The van der Waals surface area contributed by atoms with Crippen LogP contribution in [0.2, 0.25) is 0 Å². The highest BCUT2D eigenvalue weighted by Crippen LogP contribution is 2.40. The van der Waals surface area contributed by atoms with Crippen molar-refractivity contribution in [3.8, 4) is 5.75 Å². The molecule has 6 heteroatoms. The zero-order chi connectivity index (χ0) is 18.5. The summed E-state index contributed by atoms with van der Waals surface area (Å²) in [5.41, 5.74) is 6.79. The molecule has 2 unspecified atom stereocenters. The molecular formula is C20H30F2N2O2. The Bertz CT molecular complexity index is 591. The van der Waals surface area contributed by atoms with Crippen LogP contribution < -0.4 is 15.8 Å². The molecule has 1 heterocycles. The summed E-state index contributed by atoms with van der Waals surface area (Å²) in [6.45, 7) is 3.80. The third-order valence-corrected chi connectivity index (χ3v) is 5.59. The quantitative estimate of drug-likeness (QED) is 0.807. The van der Waals surface area contributed by atoms with Gasteiger partial charge in [-0.05, 0) is 64.0 Å². The molecule has 2 fully saturated rings. The van der Waals surface area contributed by atoms with Gasteiger partial charge < -0.3 is 20.5 Å². The average Bonchev–Trinajstić information content (AvgIpc) is 2.64. The van der Waals surface area contributed by atoms with Crippen LogP contribution in [0.15, 0.2) is 12.1 Å². The molecule has 1 aromatic carbocycles. The normalized spacial score (nSPS) is 29.5. The summed E-state index contributed by atoms with van der Waals surface area (Å²) in [7, 11) is 0.